The Morgan fingerprint density at radius 2 is 1.31 bits per heavy atom. The Kier molecular flexibility index (Phi) is 12.0. The quantitative estimate of drug-likeness (QED) is 0.221. The second-order valence-corrected chi connectivity index (χ2v) is 9.61. The van der Waals surface area contributed by atoms with E-state index in [0.717, 1.165) is 16.7 Å². The fourth-order valence-corrected chi connectivity index (χ4v) is 4.19. The zero-order valence-corrected chi connectivity index (χ0v) is 22.9. The minimum atomic E-state index is -0.747. The number of allylic oxidation sites excluding steroid dienone is 1. The molecule has 39 heavy (non-hydrogen) atoms. The lowest BCUT2D eigenvalue weighted by atomic mass is 10.0. The van der Waals surface area contributed by atoms with Gasteiger partial charge in [0, 0.05) is 25.2 Å². The first-order valence-electron chi connectivity index (χ1n) is 13.2. The van der Waals surface area contributed by atoms with E-state index in [9.17, 15) is 15.0 Å². The first-order chi connectivity index (χ1) is 18.8. The molecule has 0 aliphatic carbocycles. The summed E-state index contributed by atoms with van der Waals surface area (Å²) in [6.07, 6.45) is 0.683. The summed E-state index contributed by atoms with van der Waals surface area (Å²) in [4.78, 5) is 13.6. The van der Waals surface area contributed by atoms with Crippen LogP contribution in [0.15, 0.2) is 91.0 Å². The summed E-state index contributed by atoms with van der Waals surface area (Å²) in [7, 11) is 1.36. The van der Waals surface area contributed by atoms with Gasteiger partial charge in [-0.2, -0.15) is 0 Å². The summed E-state index contributed by atoms with van der Waals surface area (Å²) in [5.41, 5.74) is 2.87. The monoisotopic (exact) mass is 533 g/mol. The molecule has 7 heteroatoms. The van der Waals surface area contributed by atoms with Crippen molar-refractivity contribution in [3.63, 3.8) is 0 Å². The molecule has 208 valence electrons. The molecule has 3 rings (SSSR count). The molecule has 0 saturated heterocycles. The summed E-state index contributed by atoms with van der Waals surface area (Å²) in [6.45, 7) is 4.89. The number of methoxy groups -OCH3 is 1. The number of carbonyl (C=O) groups is 1. The number of benzene rings is 3. The lowest BCUT2D eigenvalue weighted by molar-refractivity contribution is -0.134. The van der Waals surface area contributed by atoms with Gasteiger partial charge in [-0.15, -0.1) is 0 Å². The number of para-hydroxylation sites is 2. The van der Waals surface area contributed by atoms with Crippen molar-refractivity contribution in [2.24, 2.45) is 0 Å². The highest BCUT2D eigenvalue weighted by atomic mass is 16.5. The standard InChI is InChI=1S/C32H39NO6/c1-24(18-32(36)37-3)27-16-14-26(15-17-27)19-25(2)33(20-28(34)22-38-30-10-6-4-7-11-30)21-29(35)23-39-31-12-8-5-9-13-31/h4-18,25,28-29,34-35H,19-23H2,1-3H3/b24-18+/t25-,28+,29+/m1/s1. The number of hydrogen-bond donors (Lipinski definition) is 2. The van der Waals surface area contributed by atoms with Crippen molar-refractivity contribution in [1.82, 2.24) is 4.90 Å². The van der Waals surface area contributed by atoms with Gasteiger partial charge in [-0.05, 0) is 61.2 Å². The molecule has 3 aromatic rings. The number of rotatable bonds is 15. The van der Waals surface area contributed by atoms with Gasteiger partial charge in [0.2, 0.25) is 0 Å². The van der Waals surface area contributed by atoms with Crippen LogP contribution in [0, 0.1) is 0 Å². The minimum Gasteiger partial charge on any atom is -0.491 e. The van der Waals surface area contributed by atoms with Crippen LogP contribution in [0.2, 0.25) is 0 Å². The second-order valence-electron chi connectivity index (χ2n) is 9.61. The van der Waals surface area contributed by atoms with E-state index in [4.69, 9.17) is 14.2 Å². The van der Waals surface area contributed by atoms with E-state index in [1.165, 1.54) is 13.2 Å². The topological polar surface area (TPSA) is 88.5 Å². The van der Waals surface area contributed by atoms with Crippen molar-refractivity contribution < 1.29 is 29.2 Å². The lowest BCUT2D eigenvalue weighted by Crippen LogP contribution is -2.46. The van der Waals surface area contributed by atoms with Crippen LogP contribution in [0.1, 0.15) is 25.0 Å². The third-order valence-electron chi connectivity index (χ3n) is 6.36. The highest BCUT2D eigenvalue weighted by molar-refractivity contribution is 5.90. The van der Waals surface area contributed by atoms with Crippen molar-refractivity contribution >= 4 is 11.5 Å². The van der Waals surface area contributed by atoms with Gasteiger partial charge in [0.15, 0.2) is 0 Å². The van der Waals surface area contributed by atoms with Gasteiger partial charge in [-0.1, -0.05) is 60.7 Å². The molecule has 0 spiro atoms. The average molecular weight is 534 g/mol. The summed E-state index contributed by atoms with van der Waals surface area (Å²) in [5, 5.41) is 21.6. The van der Waals surface area contributed by atoms with Crippen LogP contribution >= 0.6 is 0 Å². The SMILES string of the molecule is COC(=O)/C=C(\C)c1ccc(C[C@@H](C)N(C[C@H](O)COc2ccccc2)C[C@H](O)COc2ccccc2)cc1. The maximum Gasteiger partial charge on any atom is 0.330 e. The second kappa shape index (κ2) is 15.7. The Hall–Kier alpha value is -3.65. The van der Waals surface area contributed by atoms with E-state index in [-0.39, 0.29) is 25.2 Å². The van der Waals surface area contributed by atoms with E-state index in [1.807, 2.05) is 91.9 Å². The van der Waals surface area contributed by atoms with Gasteiger partial charge in [-0.25, -0.2) is 4.79 Å². The van der Waals surface area contributed by atoms with Crippen molar-refractivity contribution in [3.8, 4) is 11.5 Å². The normalized spacial score (nSPS) is 13.9. The Morgan fingerprint density at radius 3 is 1.77 bits per heavy atom. The van der Waals surface area contributed by atoms with Crippen LogP contribution in [-0.2, 0) is 16.0 Å². The third kappa shape index (κ3) is 10.6. The van der Waals surface area contributed by atoms with Crippen LogP contribution < -0.4 is 9.47 Å². The molecule has 2 N–H and O–H groups in total. The Morgan fingerprint density at radius 1 is 0.821 bits per heavy atom. The summed E-state index contributed by atoms with van der Waals surface area (Å²) >= 11 is 0. The van der Waals surface area contributed by atoms with Crippen molar-refractivity contribution in [2.45, 2.75) is 38.5 Å². The Balaban J connectivity index is 1.63. The highest BCUT2D eigenvalue weighted by Gasteiger charge is 2.22. The summed E-state index contributed by atoms with van der Waals surface area (Å²) < 4.78 is 16.2. The fraction of sp³-hybridized carbons (Fsp3) is 0.344. The molecule has 0 amide bonds. The molecular formula is C32H39NO6. The molecular weight excluding hydrogens is 494 g/mol. The van der Waals surface area contributed by atoms with Crippen molar-refractivity contribution in [2.75, 3.05) is 33.4 Å². The summed E-state index contributed by atoms with van der Waals surface area (Å²) in [6, 6.07) is 26.8. The average Bonchev–Trinajstić information content (AvgIpc) is 2.96. The number of aliphatic hydroxyl groups is 2. The van der Waals surface area contributed by atoms with Gasteiger partial charge in [-0.3, -0.25) is 4.90 Å². The largest absolute Gasteiger partial charge is 0.491 e. The number of esters is 1. The number of hydrogen-bond acceptors (Lipinski definition) is 7. The number of aliphatic hydroxyl groups excluding tert-OH is 2. The predicted molar refractivity (Wildman–Crippen MR) is 153 cm³/mol. The van der Waals surface area contributed by atoms with E-state index in [1.54, 1.807) is 0 Å². The molecule has 3 atom stereocenters. The van der Waals surface area contributed by atoms with Gasteiger partial charge >= 0.3 is 5.97 Å². The molecule has 0 radical (unpaired) electrons. The van der Waals surface area contributed by atoms with E-state index in [0.29, 0.717) is 31.0 Å². The van der Waals surface area contributed by atoms with Crippen molar-refractivity contribution in [1.29, 1.82) is 0 Å². The lowest BCUT2D eigenvalue weighted by Gasteiger charge is -2.32. The van der Waals surface area contributed by atoms with Gasteiger partial charge in [0.25, 0.3) is 0 Å². The molecule has 0 heterocycles. The molecule has 0 aliphatic heterocycles. The molecule has 0 fully saturated rings. The molecule has 0 saturated carbocycles. The zero-order valence-electron chi connectivity index (χ0n) is 22.9. The minimum absolute atomic E-state index is 0.0142. The molecule has 0 bridgehead atoms. The van der Waals surface area contributed by atoms with Gasteiger partial charge < -0.3 is 24.4 Å². The maximum atomic E-state index is 11.6. The number of ether oxygens (including phenoxy) is 3. The Labute approximate surface area is 231 Å². The first-order valence-corrected chi connectivity index (χ1v) is 13.2. The van der Waals surface area contributed by atoms with Crippen molar-refractivity contribution in [3.05, 3.63) is 102 Å². The maximum absolute atomic E-state index is 11.6. The molecule has 0 aromatic heterocycles. The Bertz CT molecular complexity index is 1100. The highest BCUT2D eigenvalue weighted by Crippen LogP contribution is 2.18. The van der Waals surface area contributed by atoms with Crippen LogP contribution in [0.3, 0.4) is 0 Å². The fourth-order valence-electron chi connectivity index (χ4n) is 4.19. The first kappa shape index (κ1) is 29.9. The van der Waals surface area contributed by atoms with Crippen LogP contribution in [-0.4, -0.2) is 72.7 Å². The van der Waals surface area contributed by atoms with Crippen LogP contribution in [0.25, 0.3) is 5.57 Å². The third-order valence-corrected chi connectivity index (χ3v) is 6.36. The number of carbonyl (C=O) groups excluding carboxylic acids is 1. The zero-order chi connectivity index (χ0) is 28.0. The van der Waals surface area contributed by atoms with Crippen LogP contribution in [0.5, 0.6) is 11.5 Å². The molecule has 3 aromatic carbocycles. The molecule has 0 unspecified atom stereocenters. The summed E-state index contributed by atoms with van der Waals surface area (Å²) in [5.74, 6) is 1.01. The van der Waals surface area contributed by atoms with Gasteiger partial charge in [0.1, 0.15) is 36.9 Å². The van der Waals surface area contributed by atoms with E-state index < -0.39 is 12.2 Å². The number of nitrogens with zero attached hydrogens (tertiary/aromatic N) is 1. The van der Waals surface area contributed by atoms with Crippen LogP contribution in [0.4, 0.5) is 0 Å². The van der Waals surface area contributed by atoms with E-state index in [2.05, 4.69) is 11.8 Å². The van der Waals surface area contributed by atoms with E-state index >= 15 is 0 Å². The smallest absolute Gasteiger partial charge is 0.330 e. The van der Waals surface area contributed by atoms with Gasteiger partial charge in [0.05, 0.1) is 7.11 Å². The predicted octanol–water partition coefficient (Wildman–Crippen LogP) is 4.38. The molecule has 0 aliphatic rings. The molecule has 7 nitrogen and oxygen atoms in total.